The second-order valence-electron chi connectivity index (χ2n) is 8.41. The highest BCUT2D eigenvalue weighted by atomic mass is 16.2. The smallest absolute Gasteiger partial charge is 0.298 e. The van der Waals surface area contributed by atoms with Gasteiger partial charge in [0, 0.05) is 37.6 Å². The van der Waals surface area contributed by atoms with Gasteiger partial charge in [-0.15, -0.1) is 0 Å². The number of hydrogen-bond donors (Lipinski definition) is 2. The van der Waals surface area contributed by atoms with Gasteiger partial charge in [0.15, 0.2) is 5.82 Å². The van der Waals surface area contributed by atoms with E-state index >= 15 is 0 Å². The molecule has 0 spiro atoms. The summed E-state index contributed by atoms with van der Waals surface area (Å²) in [5, 5.41) is 2.74. The zero-order valence-corrected chi connectivity index (χ0v) is 19.7. The molecule has 1 saturated heterocycles. The number of nitrogen functional groups attached to an aromatic ring is 1. The normalized spacial score (nSPS) is 15.2. The van der Waals surface area contributed by atoms with Crippen LogP contribution < -0.4 is 11.1 Å². The molecule has 1 aliphatic rings. The first-order chi connectivity index (χ1) is 17.5. The standard InChI is InChI=1S/C26H24N8O2/c1-2-6-22(35)33-14-5-7-18(16-33)23-20-11-13-29-26(27)34(20)24(32-23)19-10-9-17(15-30-19)25(36)31-21-8-3-4-12-28-21/h3-4,8-13,15,18H,5,7,14,16H2,1H3,(H2,27,29)(H,28,31,36). The zero-order valence-electron chi connectivity index (χ0n) is 19.7. The third-order valence-corrected chi connectivity index (χ3v) is 6.10. The van der Waals surface area contributed by atoms with Crippen LogP contribution in [0, 0.1) is 11.8 Å². The average Bonchev–Trinajstić information content (AvgIpc) is 3.31. The van der Waals surface area contributed by atoms with Gasteiger partial charge in [-0.25, -0.2) is 15.0 Å². The Kier molecular flexibility index (Phi) is 6.28. The molecule has 1 unspecified atom stereocenters. The van der Waals surface area contributed by atoms with Gasteiger partial charge in [0.1, 0.15) is 11.5 Å². The number of aromatic nitrogens is 5. The maximum atomic E-state index is 12.6. The van der Waals surface area contributed by atoms with Gasteiger partial charge in [0.05, 0.1) is 16.8 Å². The molecule has 10 nitrogen and oxygen atoms in total. The van der Waals surface area contributed by atoms with Crippen molar-refractivity contribution < 1.29 is 9.59 Å². The summed E-state index contributed by atoms with van der Waals surface area (Å²) in [6.45, 7) is 2.86. The minimum absolute atomic E-state index is 0.0235. The van der Waals surface area contributed by atoms with E-state index in [0.717, 1.165) is 24.1 Å². The molecule has 5 rings (SSSR count). The number of amides is 2. The van der Waals surface area contributed by atoms with Gasteiger partial charge in [0.2, 0.25) is 5.95 Å². The fourth-order valence-electron chi connectivity index (χ4n) is 4.41. The van der Waals surface area contributed by atoms with Crippen LogP contribution in [0.5, 0.6) is 0 Å². The molecular formula is C26H24N8O2. The number of imidazole rings is 1. The van der Waals surface area contributed by atoms with Crippen LogP contribution in [-0.4, -0.2) is 54.1 Å². The highest BCUT2D eigenvalue weighted by Gasteiger charge is 2.29. The Bertz CT molecular complexity index is 1490. The topological polar surface area (TPSA) is 131 Å². The summed E-state index contributed by atoms with van der Waals surface area (Å²) in [6, 6.07) is 10.6. The Balaban J connectivity index is 1.46. The number of likely N-dealkylation sites (tertiary alicyclic amines) is 1. The molecule has 36 heavy (non-hydrogen) atoms. The van der Waals surface area contributed by atoms with Gasteiger partial charge in [-0.05, 0) is 56.0 Å². The molecule has 0 aliphatic carbocycles. The molecule has 5 heterocycles. The molecule has 0 bridgehead atoms. The molecule has 4 aromatic heterocycles. The predicted octanol–water partition coefficient (Wildman–Crippen LogP) is 2.75. The predicted molar refractivity (Wildman–Crippen MR) is 135 cm³/mol. The van der Waals surface area contributed by atoms with E-state index in [4.69, 9.17) is 10.7 Å². The van der Waals surface area contributed by atoms with Crippen LogP contribution in [0.1, 0.15) is 41.7 Å². The quantitative estimate of drug-likeness (QED) is 0.429. The van der Waals surface area contributed by atoms with Crippen molar-refractivity contribution in [3.63, 3.8) is 0 Å². The zero-order chi connectivity index (χ0) is 25.1. The number of hydrogen-bond acceptors (Lipinski definition) is 7. The Labute approximate surface area is 207 Å². The number of anilines is 2. The molecule has 0 radical (unpaired) electrons. The summed E-state index contributed by atoms with van der Waals surface area (Å²) in [6.07, 6.45) is 6.49. The molecule has 3 N–H and O–H groups in total. The van der Waals surface area contributed by atoms with Gasteiger partial charge < -0.3 is 16.0 Å². The average molecular weight is 481 g/mol. The first kappa shape index (κ1) is 23.0. The maximum absolute atomic E-state index is 12.6. The second-order valence-corrected chi connectivity index (χ2v) is 8.41. The van der Waals surface area contributed by atoms with E-state index in [1.807, 2.05) is 6.07 Å². The summed E-state index contributed by atoms with van der Waals surface area (Å²) in [4.78, 5) is 44.5. The molecular weight excluding hydrogens is 456 g/mol. The number of pyridine rings is 2. The van der Waals surface area contributed by atoms with Gasteiger partial charge in [-0.2, -0.15) is 0 Å². The van der Waals surface area contributed by atoms with Crippen molar-refractivity contribution in [3.8, 4) is 23.4 Å². The highest BCUT2D eigenvalue weighted by molar-refractivity contribution is 6.03. The van der Waals surface area contributed by atoms with Crippen molar-refractivity contribution >= 4 is 29.1 Å². The highest BCUT2D eigenvalue weighted by Crippen LogP contribution is 2.33. The monoisotopic (exact) mass is 480 g/mol. The van der Waals surface area contributed by atoms with Crippen molar-refractivity contribution in [2.75, 3.05) is 24.1 Å². The van der Waals surface area contributed by atoms with Crippen LogP contribution in [0.25, 0.3) is 17.0 Å². The van der Waals surface area contributed by atoms with Crippen LogP contribution in [0.15, 0.2) is 55.0 Å². The molecule has 1 atom stereocenters. The van der Waals surface area contributed by atoms with Crippen LogP contribution in [0.2, 0.25) is 0 Å². The van der Waals surface area contributed by atoms with Crippen molar-refractivity contribution in [1.29, 1.82) is 0 Å². The Morgan fingerprint density at radius 1 is 1.11 bits per heavy atom. The lowest BCUT2D eigenvalue weighted by molar-refractivity contribution is -0.126. The summed E-state index contributed by atoms with van der Waals surface area (Å²) in [5.41, 5.74) is 8.83. The number of piperidine rings is 1. The summed E-state index contributed by atoms with van der Waals surface area (Å²) >= 11 is 0. The lowest BCUT2D eigenvalue weighted by Crippen LogP contribution is -2.38. The Morgan fingerprint density at radius 3 is 2.75 bits per heavy atom. The van der Waals surface area contributed by atoms with E-state index in [9.17, 15) is 9.59 Å². The Morgan fingerprint density at radius 2 is 2.00 bits per heavy atom. The SMILES string of the molecule is CC#CC(=O)N1CCCC(c2nc(-c3ccc(C(=O)Nc4ccccn4)cn3)n3c(N)nccc23)C1. The number of rotatable bonds is 4. The minimum atomic E-state index is -0.315. The molecule has 180 valence electrons. The van der Waals surface area contributed by atoms with Gasteiger partial charge in [-0.1, -0.05) is 12.0 Å². The van der Waals surface area contributed by atoms with E-state index < -0.39 is 0 Å². The van der Waals surface area contributed by atoms with Crippen molar-refractivity contribution in [2.24, 2.45) is 0 Å². The molecule has 1 fully saturated rings. The van der Waals surface area contributed by atoms with Crippen LogP contribution >= 0.6 is 0 Å². The molecule has 1 aliphatic heterocycles. The fourth-order valence-corrected chi connectivity index (χ4v) is 4.41. The molecule has 4 aromatic rings. The van der Waals surface area contributed by atoms with Gasteiger partial charge in [0.25, 0.3) is 11.8 Å². The van der Waals surface area contributed by atoms with E-state index in [-0.39, 0.29) is 23.7 Å². The minimum Gasteiger partial charge on any atom is -0.369 e. The van der Waals surface area contributed by atoms with Gasteiger partial charge >= 0.3 is 0 Å². The molecule has 0 aromatic carbocycles. The fraction of sp³-hybridized carbons (Fsp3) is 0.231. The summed E-state index contributed by atoms with van der Waals surface area (Å²) in [5.74, 6) is 6.11. The second kappa shape index (κ2) is 9.84. The van der Waals surface area contributed by atoms with Crippen LogP contribution in [-0.2, 0) is 4.79 Å². The van der Waals surface area contributed by atoms with Crippen molar-refractivity contribution in [1.82, 2.24) is 29.2 Å². The molecule has 2 amide bonds. The number of nitrogens with zero attached hydrogens (tertiary/aromatic N) is 6. The van der Waals surface area contributed by atoms with E-state index in [2.05, 4.69) is 32.1 Å². The summed E-state index contributed by atoms with van der Waals surface area (Å²) in [7, 11) is 0. The first-order valence-corrected chi connectivity index (χ1v) is 11.6. The largest absolute Gasteiger partial charge is 0.369 e. The number of carbonyl (C=O) groups excluding carboxylic acids is 2. The lowest BCUT2D eigenvalue weighted by atomic mass is 9.94. The lowest BCUT2D eigenvalue weighted by Gasteiger charge is -2.30. The van der Waals surface area contributed by atoms with Crippen molar-refractivity contribution in [3.05, 3.63) is 66.2 Å². The third kappa shape index (κ3) is 4.46. The molecule has 0 saturated carbocycles. The van der Waals surface area contributed by atoms with Crippen molar-refractivity contribution in [2.45, 2.75) is 25.7 Å². The van der Waals surface area contributed by atoms with E-state index in [0.29, 0.717) is 36.0 Å². The molecule has 10 heteroatoms. The number of nitrogens with one attached hydrogen (secondary N) is 1. The van der Waals surface area contributed by atoms with Crippen LogP contribution in [0.3, 0.4) is 0 Å². The Hall–Kier alpha value is -4.78. The third-order valence-electron chi connectivity index (χ3n) is 6.10. The van der Waals surface area contributed by atoms with Gasteiger partial charge in [-0.3, -0.25) is 19.0 Å². The maximum Gasteiger partial charge on any atom is 0.298 e. The van der Waals surface area contributed by atoms with Crippen LogP contribution in [0.4, 0.5) is 11.8 Å². The number of carbonyl (C=O) groups is 2. The first-order valence-electron chi connectivity index (χ1n) is 11.6. The van der Waals surface area contributed by atoms with E-state index in [1.165, 1.54) is 6.20 Å². The van der Waals surface area contributed by atoms with E-state index in [1.54, 1.807) is 58.9 Å². The summed E-state index contributed by atoms with van der Waals surface area (Å²) < 4.78 is 1.76. The number of nitrogens with two attached hydrogens (primary N) is 1. The number of fused-ring (bicyclic) bond motifs is 1.